The molecule has 2 aliphatic rings. The summed E-state index contributed by atoms with van der Waals surface area (Å²) in [4.78, 5) is 35.3. The predicted molar refractivity (Wildman–Crippen MR) is 112 cm³/mol. The van der Waals surface area contributed by atoms with E-state index >= 15 is 0 Å². The van der Waals surface area contributed by atoms with Gasteiger partial charge in [0.25, 0.3) is 11.7 Å². The van der Waals surface area contributed by atoms with E-state index in [2.05, 4.69) is 10.6 Å². The Bertz CT molecular complexity index is 996. The lowest BCUT2D eigenvalue weighted by molar-refractivity contribution is -0.119. The lowest BCUT2D eigenvalue weighted by Crippen LogP contribution is -2.34. The summed E-state index contributed by atoms with van der Waals surface area (Å²) in [6.07, 6.45) is 3.85. The van der Waals surface area contributed by atoms with Crippen molar-refractivity contribution in [2.24, 2.45) is 0 Å². The van der Waals surface area contributed by atoms with E-state index in [1.165, 1.54) is 6.92 Å². The average molecular weight is 424 g/mol. The quantitative estimate of drug-likeness (QED) is 0.691. The molecule has 8 heteroatoms. The summed E-state index contributed by atoms with van der Waals surface area (Å²) in [5, 5.41) is 5.38. The van der Waals surface area contributed by atoms with Gasteiger partial charge in [0.05, 0.1) is 5.56 Å². The van der Waals surface area contributed by atoms with Crippen molar-refractivity contribution in [3.8, 4) is 11.5 Å². The van der Waals surface area contributed by atoms with Crippen molar-refractivity contribution in [1.29, 1.82) is 0 Å². The zero-order valence-corrected chi connectivity index (χ0v) is 17.2. The molecule has 2 amide bonds. The van der Waals surface area contributed by atoms with Crippen LogP contribution in [0.15, 0.2) is 42.5 Å². The van der Waals surface area contributed by atoms with E-state index in [0.29, 0.717) is 29.3 Å². The Hall–Kier alpha value is -3.55. The van der Waals surface area contributed by atoms with Gasteiger partial charge in [-0.25, -0.2) is 4.79 Å². The summed E-state index contributed by atoms with van der Waals surface area (Å²) >= 11 is 0. The standard InChI is InChI=1S/C23H24N2O6/c1-15(26)24-13-16-4-6-17(7-5-16)22(28)29-14-21(27)25-18-8-9-19-20(12-18)31-23(30-19)10-2-3-11-23/h4-9,12H,2-3,10-11,13-14H2,1H3,(H,24,26)(H,25,27). The van der Waals surface area contributed by atoms with Gasteiger partial charge in [0.1, 0.15) is 0 Å². The third kappa shape index (κ3) is 4.96. The second-order valence-corrected chi connectivity index (χ2v) is 7.71. The Labute approximate surface area is 179 Å². The lowest BCUT2D eigenvalue weighted by atomic mass is 10.1. The number of carbonyl (C=O) groups excluding carboxylic acids is 3. The number of anilines is 1. The van der Waals surface area contributed by atoms with Gasteiger partial charge in [0.15, 0.2) is 18.1 Å². The molecule has 31 heavy (non-hydrogen) atoms. The summed E-state index contributed by atoms with van der Waals surface area (Å²) in [6.45, 7) is 1.40. The fourth-order valence-corrected chi connectivity index (χ4v) is 3.69. The summed E-state index contributed by atoms with van der Waals surface area (Å²) < 4.78 is 17.0. The van der Waals surface area contributed by atoms with Crippen LogP contribution >= 0.6 is 0 Å². The van der Waals surface area contributed by atoms with Crippen molar-refractivity contribution >= 4 is 23.5 Å². The molecule has 0 atom stereocenters. The molecule has 1 saturated carbocycles. The molecule has 1 aliphatic carbocycles. The predicted octanol–water partition coefficient (Wildman–Crippen LogP) is 3.16. The zero-order chi connectivity index (χ0) is 21.8. The Morgan fingerprint density at radius 3 is 2.42 bits per heavy atom. The van der Waals surface area contributed by atoms with Crippen LogP contribution in [0.25, 0.3) is 0 Å². The number of hydrogen-bond donors (Lipinski definition) is 2. The molecular formula is C23H24N2O6. The minimum Gasteiger partial charge on any atom is -0.452 e. The third-order valence-corrected chi connectivity index (χ3v) is 5.25. The first-order valence-corrected chi connectivity index (χ1v) is 10.2. The fourth-order valence-electron chi connectivity index (χ4n) is 3.69. The van der Waals surface area contributed by atoms with Gasteiger partial charge >= 0.3 is 5.97 Å². The van der Waals surface area contributed by atoms with Crippen molar-refractivity contribution in [1.82, 2.24) is 5.32 Å². The number of amides is 2. The molecule has 0 aromatic heterocycles. The highest BCUT2D eigenvalue weighted by molar-refractivity contribution is 5.95. The number of ether oxygens (including phenoxy) is 3. The van der Waals surface area contributed by atoms with Gasteiger partial charge in [-0.2, -0.15) is 0 Å². The van der Waals surface area contributed by atoms with E-state index in [1.807, 2.05) is 0 Å². The fraction of sp³-hybridized carbons (Fsp3) is 0.348. The third-order valence-electron chi connectivity index (χ3n) is 5.25. The Morgan fingerprint density at radius 1 is 1.00 bits per heavy atom. The van der Waals surface area contributed by atoms with Gasteiger partial charge in [-0.15, -0.1) is 0 Å². The van der Waals surface area contributed by atoms with Crippen LogP contribution in [-0.4, -0.2) is 30.2 Å². The Kier molecular flexibility index (Phi) is 5.79. The molecule has 1 fully saturated rings. The molecule has 4 rings (SSSR count). The number of fused-ring (bicyclic) bond motifs is 1. The van der Waals surface area contributed by atoms with Crippen molar-refractivity contribution in [3.63, 3.8) is 0 Å². The topological polar surface area (TPSA) is 103 Å². The van der Waals surface area contributed by atoms with Gasteiger partial charge in [-0.3, -0.25) is 9.59 Å². The highest BCUT2D eigenvalue weighted by atomic mass is 16.7. The number of rotatable bonds is 6. The number of esters is 1. The first-order chi connectivity index (χ1) is 14.9. The number of hydrogen-bond acceptors (Lipinski definition) is 6. The van der Waals surface area contributed by atoms with Crippen molar-refractivity contribution in [2.45, 2.75) is 44.9 Å². The highest BCUT2D eigenvalue weighted by Gasteiger charge is 2.44. The van der Waals surface area contributed by atoms with Crippen molar-refractivity contribution in [2.75, 3.05) is 11.9 Å². The van der Waals surface area contributed by atoms with Crippen LogP contribution in [0.2, 0.25) is 0 Å². The molecule has 0 radical (unpaired) electrons. The van der Waals surface area contributed by atoms with Crippen LogP contribution in [0.4, 0.5) is 5.69 Å². The van der Waals surface area contributed by atoms with Crippen LogP contribution in [0.5, 0.6) is 11.5 Å². The molecule has 2 aromatic carbocycles. The average Bonchev–Trinajstić information content (AvgIpc) is 3.36. The summed E-state index contributed by atoms with van der Waals surface area (Å²) in [6, 6.07) is 11.8. The maximum absolute atomic E-state index is 12.2. The van der Waals surface area contributed by atoms with Crippen LogP contribution < -0.4 is 20.1 Å². The smallest absolute Gasteiger partial charge is 0.338 e. The molecule has 162 valence electrons. The second-order valence-electron chi connectivity index (χ2n) is 7.71. The van der Waals surface area contributed by atoms with Gasteiger partial charge in [0.2, 0.25) is 5.91 Å². The highest BCUT2D eigenvalue weighted by Crippen LogP contribution is 2.47. The molecule has 0 bridgehead atoms. The summed E-state index contributed by atoms with van der Waals surface area (Å²) in [5.41, 5.74) is 1.72. The minimum absolute atomic E-state index is 0.130. The monoisotopic (exact) mass is 424 g/mol. The van der Waals surface area contributed by atoms with E-state index in [1.54, 1.807) is 42.5 Å². The summed E-state index contributed by atoms with van der Waals surface area (Å²) in [5.74, 6) is -0.461. The molecular weight excluding hydrogens is 400 g/mol. The molecule has 0 saturated heterocycles. The SMILES string of the molecule is CC(=O)NCc1ccc(C(=O)OCC(=O)Nc2ccc3c(c2)OC2(CCCC2)O3)cc1. The molecule has 1 heterocycles. The molecule has 8 nitrogen and oxygen atoms in total. The minimum atomic E-state index is -0.602. The van der Waals surface area contributed by atoms with Gasteiger partial charge in [-0.1, -0.05) is 12.1 Å². The first-order valence-electron chi connectivity index (χ1n) is 10.2. The van der Waals surface area contributed by atoms with Gasteiger partial charge in [0, 0.05) is 38.1 Å². The maximum Gasteiger partial charge on any atom is 0.338 e. The van der Waals surface area contributed by atoms with Gasteiger partial charge in [-0.05, 0) is 42.7 Å². The van der Waals surface area contributed by atoms with Crippen molar-refractivity contribution in [3.05, 3.63) is 53.6 Å². The van der Waals surface area contributed by atoms with Crippen LogP contribution in [0, 0.1) is 0 Å². The second kappa shape index (κ2) is 8.67. The van der Waals surface area contributed by atoms with E-state index in [0.717, 1.165) is 31.2 Å². The van der Waals surface area contributed by atoms with E-state index < -0.39 is 24.3 Å². The van der Waals surface area contributed by atoms with E-state index in [4.69, 9.17) is 14.2 Å². The van der Waals surface area contributed by atoms with Crippen LogP contribution in [0.3, 0.4) is 0 Å². The maximum atomic E-state index is 12.2. The van der Waals surface area contributed by atoms with E-state index in [-0.39, 0.29) is 5.91 Å². The Morgan fingerprint density at radius 2 is 1.71 bits per heavy atom. The van der Waals surface area contributed by atoms with Crippen molar-refractivity contribution < 1.29 is 28.6 Å². The molecule has 0 unspecified atom stereocenters. The molecule has 2 aromatic rings. The number of carbonyl (C=O) groups is 3. The van der Waals surface area contributed by atoms with Gasteiger partial charge < -0.3 is 24.8 Å². The first kappa shape index (κ1) is 20.7. The molecule has 1 spiro atoms. The van der Waals surface area contributed by atoms with Crippen LogP contribution in [-0.2, 0) is 20.9 Å². The molecule has 2 N–H and O–H groups in total. The Balaban J connectivity index is 1.27. The van der Waals surface area contributed by atoms with Crippen LogP contribution in [0.1, 0.15) is 48.5 Å². The molecule has 1 aliphatic heterocycles. The zero-order valence-electron chi connectivity index (χ0n) is 17.2. The largest absolute Gasteiger partial charge is 0.452 e. The summed E-state index contributed by atoms with van der Waals surface area (Å²) in [7, 11) is 0. The van der Waals surface area contributed by atoms with E-state index in [9.17, 15) is 14.4 Å². The number of nitrogens with one attached hydrogen (secondary N) is 2. The normalized spacial score (nSPS) is 15.5. The lowest BCUT2D eigenvalue weighted by Gasteiger charge is -2.21. The number of benzene rings is 2.